The Balaban J connectivity index is 3.98. The van der Waals surface area contributed by atoms with Gasteiger partial charge < -0.3 is 11.1 Å². The molecule has 0 fully saturated rings. The minimum absolute atomic E-state index is 0.306. The second kappa shape index (κ2) is 2.64. The van der Waals surface area contributed by atoms with Crippen molar-refractivity contribution >= 4 is 17.8 Å². The zero-order valence-electron chi connectivity index (χ0n) is 4.03. The van der Waals surface area contributed by atoms with E-state index in [9.17, 15) is 0 Å². The smallest absolute Gasteiger partial charge is 0.0765 e. The van der Waals surface area contributed by atoms with E-state index in [1.54, 1.807) is 6.92 Å². The van der Waals surface area contributed by atoms with Crippen molar-refractivity contribution in [3.63, 3.8) is 0 Å². The standard InChI is InChI=1S/C4H7ClN2/c1-3(7)4(5)2-6/h2,6H,7H2,1H3. The third kappa shape index (κ3) is 2.23. The van der Waals surface area contributed by atoms with Crippen LogP contribution in [0.4, 0.5) is 0 Å². The number of hydrogen-bond acceptors (Lipinski definition) is 2. The lowest BCUT2D eigenvalue weighted by atomic mass is 10.5. The summed E-state index contributed by atoms with van der Waals surface area (Å²) in [7, 11) is 0. The first-order valence-corrected chi connectivity index (χ1v) is 2.18. The third-order valence-corrected chi connectivity index (χ3v) is 0.911. The maximum atomic E-state index is 6.54. The molecule has 0 spiro atoms. The highest BCUT2D eigenvalue weighted by Crippen LogP contribution is 1.98. The van der Waals surface area contributed by atoms with Gasteiger partial charge in [0.05, 0.1) is 5.03 Å². The van der Waals surface area contributed by atoms with Gasteiger partial charge in [-0.05, 0) is 6.92 Å². The molecule has 0 saturated heterocycles. The molecule has 40 valence electrons. The average Bonchev–Trinajstić information content (AvgIpc) is 1.65. The summed E-state index contributed by atoms with van der Waals surface area (Å²) in [5.41, 5.74) is 5.63. The molecule has 0 aromatic carbocycles. The van der Waals surface area contributed by atoms with Gasteiger partial charge >= 0.3 is 0 Å². The molecule has 0 atom stereocenters. The second-order valence-electron chi connectivity index (χ2n) is 1.18. The van der Waals surface area contributed by atoms with Crippen LogP contribution >= 0.6 is 11.6 Å². The van der Waals surface area contributed by atoms with Crippen LogP contribution in [0.25, 0.3) is 0 Å². The van der Waals surface area contributed by atoms with E-state index in [0.717, 1.165) is 6.21 Å². The zero-order chi connectivity index (χ0) is 5.86. The molecular weight excluding hydrogens is 112 g/mol. The van der Waals surface area contributed by atoms with Crippen LogP contribution in [0.3, 0.4) is 0 Å². The highest BCUT2D eigenvalue weighted by atomic mass is 35.5. The van der Waals surface area contributed by atoms with E-state index in [-0.39, 0.29) is 0 Å². The van der Waals surface area contributed by atoms with Gasteiger partial charge in [0.15, 0.2) is 0 Å². The predicted octanol–water partition coefficient (Wildman–Crippen LogP) is 1.06. The molecule has 7 heavy (non-hydrogen) atoms. The van der Waals surface area contributed by atoms with Gasteiger partial charge in [0, 0.05) is 11.9 Å². The van der Waals surface area contributed by atoms with Crippen LogP contribution in [0.2, 0.25) is 0 Å². The van der Waals surface area contributed by atoms with Crippen molar-refractivity contribution in [1.29, 1.82) is 5.41 Å². The minimum atomic E-state index is 0.306. The van der Waals surface area contributed by atoms with Crippen molar-refractivity contribution in [3.8, 4) is 0 Å². The normalized spacial score (nSPS) is 12.9. The summed E-state index contributed by atoms with van der Waals surface area (Å²) < 4.78 is 0. The SMILES string of the molecule is CC(N)=C(Cl)C=N. The van der Waals surface area contributed by atoms with Gasteiger partial charge in [-0.2, -0.15) is 0 Å². The van der Waals surface area contributed by atoms with Crippen molar-refractivity contribution < 1.29 is 0 Å². The summed E-state index contributed by atoms with van der Waals surface area (Å²) in [6, 6.07) is 0. The second-order valence-corrected chi connectivity index (χ2v) is 1.58. The monoisotopic (exact) mass is 118 g/mol. The van der Waals surface area contributed by atoms with Crippen LogP contribution in [0.1, 0.15) is 6.92 Å². The summed E-state index contributed by atoms with van der Waals surface area (Å²) in [5.74, 6) is 0. The first-order valence-electron chi connectivity index (χ1n) is 1.81. The van der Waals surface area contributed by atoms with Gasteiger partial charge in [-0.15, -0.1) is 0 Å². The van der Waals surface area contributed by atoms with Crippen molar-refractivity contribution in [2.24, 2.45) is 5.73 Å². The summed E-state index contributed by atoms with van der Waals surface area (Å²) in [4.78, 5) is 0. The first kappa shape index (κ1) is 6.50. The Hall–Kier alpha value is -0.500. The van der Waals surface area contributed by atoms with Gasteiger partial charge in [0.1, 0.15) is 0 Å². The topological polar surface area (TPSA) is 49.9 Å². The van der Waals surface area contributed by atoms with E-state index in [0.29, 0.717) is 10.7 Å². The lowest BCUT2D eigenvalue weighted by Crippen LogP contribution is -1.93. The summed E-state index contributed by atoms with van der Waals surface area (Å²) in [6.45, 7) is 1.65. The number of hydrogen-bond donors (Lipinski definition) is 2. The average molecular weight is 119 g/mol. The molecule has 0 aliphatic carbocycles. The van der Waals surface area contributed by atoms with Gasteiger partial charge in [0.25, 0.3) is 0 Å². The van der Waals surface area contributed by atoms with Crippen molar-refractivity contribution in [2.75, 3.05) is 0 Å². The number of nitrogens with two attached hydrogens (primary N) is 1. The molecule has 0 aliphatic heterocycles. The maximum Gasteiger partial charge on any atom is 0.0765 e. The highest BCUT2D eigenvalue weighted by molar-refractivity contribution is 6.39. The molecule has 0 rings (SSSR count). The Kier molecular flexibility index (Phi) is 2.45. The molecule has 0 unspecified atom stereocenters. The molecule has 3 heteroatoms. The number of nitrogens with one attached hydrogen (secondary N) is 1. The Bertz CT molecular complexity index is 102. The molecule has 3 N–H and O–H groups in total. The molecule has 0 bridgehead atoms. The Morgan fingerprint density at radius 3 is 2.29 bits per heavy atom. The third-order valence-electron chi connectivity index (χ3n) is 0.503. The molecule has 0 aliphatic rings. The fraction of sp³-hybridized carbons (Fsp3) is 0.250. The first-order chi connectivity index (χ1) is 3.18. The van der Waals surface area contributed by atoms with Crippen molar-refractivity contribution in [3.05, 3.63) is 10.7 Å². The fourth-order valence-electron chi connectivity index (χ4n) is 0.114. The minimum Gasteiger partial charge on any atom is -0.401 e. The molecule has 0 saturated carbocycles. The van der Waals surface area contributed by atoms with E-state index in [4.69, 9.17) is 22.7 Å². The molecular formula is C4H7ClN2. The molecule has 0 amide bonds. The Labute approximate surface area is 47.5 Å². The maximum absolute atomic E-state index is 6.54. The van der Waals surface area contributed by atoms with Crippen LogP contribution in [0, 0.1) is 5.41 Å². The predicted molar refractivity (Wildman–Crippen MR) is 31.5 cm³/mol. The lowest BCUT2D eigenvalue weighted by molar-refractivity contribution is 1.31. The molecule has 0 aromatic rings. The van der Waals surface area contributed by atoms with Gasteiger partial charge in [-0.3, -0.25) is 0 Å². The lowest BCUT2D eigenvalue weighted by Gasteiger charge is -1.86. The summed E-state index contributed by atoms with van der Waals surface area (Å²) >= 11 is 5.31. The van der Waals surface area contributed by atoms with Crippen LogP contribution in [0.15, 0.2) is 10.7 Å². The van der Waals surface area contributed by atoms with Crippen LogP contribution in [-0.2, 0) is 0 Å². The van der Waals surface area contributed by atoms with Crippen LogP contribution in [-0.4, -0.2) is 6.21 Å². The van der Waals surface area contributed by atoms with E-state index in [1.807, 2.05) is 0 Å². The van der Waals surface area contributed by atoms with E-state index >= 15 is 0 Å². The molecule has 0 heterocycles. The van der Waals surface area contributed by atoms with Gasteiger partial charge in [0.2, 0.25) is 0 Å². The number of halogens is 1. The largest absolute Gasteiger partial charge is 0.401 e. The van der Waals surface area contributed by atoms with E-state index < -0.39 is 0 Å². The van der Waals surface area contributed by atoms with E-state index in [1.165, 1.54) is 0 Å². The van der Waals surface area contributed by atoms with Crippen molar-refractivity contribution in [2.45, 2.75) is 6.92 Å². The van der Waals surface area contributed by atoms with Crippen LogP contribution in [0.5, 0.6) is 0 Å². The van der Waals surface area contributed by atoms with Crippen molar-refractivity contribution in [1.82, 2.24) is 0 Å². The quantitative estimate of drug-likeness (QED) is 0.497. The molecule has 0 aromatic heterocycles. The molecule has 0 radical (unpaired) electrons. The Morgan fingerprint density at radius 1 is 1.86 bits per heavy atom. The zero-order valence-corrected chi connectivity index (χ0v) is 4.79. The summed E-state index contributed by atoms with van der Waals surface area (Å²) in [5, 5.41) is 6.85. The molecule has 2 nitrogen and oxygen atoms in total. The van der Waals surface area contributed by atoms with E-state index in [2.05, 4.69) is 0 Å². The summed E-state index contributed by atoms with van der Waals surface area (Å²) in [6.07, 6.45) is 1.01. The van der Waals surface area contributed by atoms with Crippen LogP contribution < -0.4 is 5.73 Å². The highest BCUT2D eigenvalue weighted by Gasteiger charge is 1.84. The number of rotatable bonds is 1. The number of allylic oxidation sites excluding steroid dienone is 2. The van der Waals surface area contributed by atoms with Gasteiger partial charge in [-0.25, -0.2) is 0 Å². The Morgan fingerprint density at radius 2 is 2.29 bits per heavy atom. The fourth-order valence-corrected chi connectivity index (χ4v) is 0.114. The van der Waals surface area contributed by atoms with Gasteiger partial charge in [-0.1, -0.05) is 11.6 Å².